The molecule has 0 aliphatic carbocycles. The van der Waals surface area contributed by atoms with Gasteiger partial charge >= 0.3 is 0 Å². The van der Waals surface area contributed by atoms with Crippen molar-refractivity contribution < 1.29 is 4.74 Å². The molecule has 2 aromatic carbocycles. The summed E-state index contributed by atoms with van der Waals surface area (Å²) in [5.74, 6) is 0.977. The van der Waals surface area contributed by atoms with Crippen LogP contribution < -0.4 is 10.1 Å². The van der Waals surface area contributed by atoms with Crippen molar-refractivity contribution in [3.05, 3.63) is 65.7 Å². The van der Waals surface area contributed by atoms with Crippen molar-refractivity contribution in [2.75, 3.05) is 13.7 Å². The van der Waals surface area contributed by atoms with E-state index in [1.807, 2.05) is 31.3 Å². The van der Waals surface area contributed by atoms with Crippen molar-refractivity contribution in [1.82, 2.24) is 5.32 Å². The van der Waals surface area contributed by atoms with Gasteiger partial charge < -0.3 is 10.1 Å². The molecule has 2 rings (SSSR count). The minimum absolute atomic E-state index is 0.338. The van der Waals surface area contributed by atoms with E-state index in [-0.39, 0.29) is 0 Å². The predicted octanol–water partition coefficient (Wildman–Crippen LogP) is 3.72. The molecule has 1 unspecified atom stereocenters. The SMILES string of the molecule is CNC(CCOc1ccccc1C)c1ccccc1. The van der Waals surface area contributed by atoms with E-state index in [0.29, 0.717) is 12.6 Å². The number of aryl methyl sites for hydroxylation is 1. The fraction of sp³-hybridized carbons (Fsp3) is 0.294. The van der Waals surface area contributed by atoms with Gasteiger partial charge in [0.1, 0.15) is 5.75 Å². The number of ether oxygens (including phenoxy) is 1. The molecule has 0 amide bonds. The van der Waals surface area contributed by atoms with Crippen LogP contribution in [-0.4, -0.2) is 13.7 Å². The zero-order valence-corrected chi connectivity index (χ0v) is 11.6. The molecule has 1 N–H and O–H groups in total. The van der Waals surface area contributed by atoms with Crippen LogP contribution in [0.25, 0.3) is 0 Å². The fourth-order valence-electron chi connectivity index (χ4n) is 2.17. The van der Waals surface area contributed by atoms with E-state index in [4.69, 9.17) is 4.74 Å². The summed E-state index contributed by atoms with van der Waals surface area (Å²) in [6.45, 7) is 2.79. The van der Waals surface area contributed by atoms with E-state index in [0.717, 1.165) is 12.2 Å². The smallest absolute Gasteiger partial charge is 0.122 e. The predicted molar refractivity (Wildman–Crippen MR) is 79.5 cm³/mol. The molecule has 2 aromatic rings. The first kappa shape index (κ1) is 13.6. The maximum Gasteiger partial charge on any atom is 0.122 e. The average Bonchev–Trinajstić information content (AvgIpc) is 2.46. The first-order valence-electron chi connectivity index (χ1n) is 6.72. The molecule has 0 heterocycles. The highest BCUT2D eigenvalue weighted by Crippen LogP contribution is 2.19. The lowest BCUT2D eigenvalue weighted by molar-refractivity contribution is 0.288. The van der Waals surface area contributed by atoms with Crippen LogP contribution in [0.3, 0.4) is 0 Å². The summed E-state index contributed by atoms with van der Waals surface area (Å²) in [6, 6.07) is 18.9. The van der Waals surface area contributed by atoms with Crippen LogP contribution in [-0.2, 0) is 0 Å². The largest absolute Gasteiger partial charge is 0.493 e. The van der Waals surface area contributed by atoms with Crippen molar-refractivity contribution in [2.45, 2.75) is 19.4 Å². The minimum Gasteiger partial charge on any atom is -0.493 e. The van der Waals surface area contributed by atoms with E-state index in [9.17, 15) is 0 Å². The van der Waals surface area contributed by atoms with Crippen LogP contribution in [0.5, 0.6) is 5.75 Å². The third-order valence-corrected chi connectivity index (χ3v) is 3.31. The Morgan fingerprint density at radius 2 is 1.68 bits per heavy atom. The Morgan fingerprint density at radius 3 is 2.37 bits per heavy atom. The lowest BCUT2D eigenvalue weighted by atomic mass is 10.0. The van der Waals surface area contributed by atoms with E-state index in [2.05, 4.69) is 42.6 Å². The molecule has 2 nitrogen and oxygen atoms in total. The molecule has 1 atom stereocenters. The highest BCUT2D eigenvalue weighted by atomic mass is 16.5. The zero-order chi connectivity index (χ0) is 13.5. The highest BCUT2D eigenvalue weighted by Gasteiger charge is 2.08. The van der Waals surface area contributed by atoms with Crippen LogP contribution >= 0.6 is 0 Å². The van der Waals surface area contributed by atoms with Gasteiger partial charge in [0.2, 0.25) is 0 Å². The second kappa shape index (κ2) is 6.95. The van der Waals surface area contributed by atoms with Gasteiger partial charge in [-0.1, -0.05) is 48.5 Å². The molecule has 0 aliphatic rings. The van der Waals surface area contributed by atoms with Crippen molar-refractivity contribution in [3.8, 4) is 5.75 Å². The third-order valence-electron chi connectivity index (χ3n) is 3.31. The Hall–Kier alpha value is -1.80. The molecule has 0 spiro atoms. The van der Waals surface area contributed by atoms with Crippen molar-refractivity contribution >= 4 is 0 Å². The van der Waals surface area contributed by atoms with Gasteiger partial charge in [0.15, 0.2) is 0 Å². The number of para-hydroxylation sites is 1. The van der Waals surface area contributed by atoms with Gasteiger partial charge in [0, 0.05) is 12.5 Å². The summed E-state index contributed by atoms with van der Waals surface area (Å²) in [6.07, 6.45) is 0.953. The van der Waals surface area contributed by atoms with Gasteiger partial charge in [0.25, 0.3) is 0 Å². The summed E-state index contributed by atoms with van der Waals surface area (Å²) in [5, 5.41) is 3.34. The minimum atomic E-state index is 0.338. The molecule has 0 radical (unpaired) electrons. The number of hydrogen-bond donors (Lipinski definition) is 1. The molecule has 0 saturated carbocycles. The fourth-order valence-corrected chi connectivity index (χ4v) is 2.17. The van der Waals surface area contributed by atoms with Gasteiger partial charge in [-0.3, -0.25) is 0 Å². The average molecular weight is 255 g/mol. The molecular formula is C17H21NO. The topological polar surface area (TPSA) is 21.3 Å². The van der Waals surface area contributed by atoms with Gasteiger partial charge in [-0.05, 0) is 31.2 Å². The molecule has 0 fully saturated rings. The van der Waals surface area contributed by atoms with E-state index < -0.39 is 0 Å². The van der Waals surface area contributed by atoms with E-state index in [1.165, 1.54) is 11.1 Å². The normalized spacial score (nSPS) is 12.1. The Kier molecular flexibility index (Phi) is 4.99. The maximum absolute atomic E-state index is 5.85. The van der Waals surface area contributed by atoms with Crippen molar-refractivity contribution in [3.63, 3.8) is 0 Å². The summed E-state index contributed by atoms with van der Waals surface area (Å²) < 4.78 is 5.85. The first-order chi connectivity index (χ1) is 9.31. The van der Waals surface area contributed by atoms with Crippen LogP contribution in [0.2, 0.25) is 0 Å². The third kappa shape index (κ3) is 3.83. The lowest BCUT2D eigenvalue weighted by Crippen LogP contribution is -2.19. The molecular weight excluding hydrogens is 234 g/mol. The van der Waals surface area contributed by atoms with Crippen LogP contribution in [0.1, 0.15) is 23.6 Å². The Balaban J connectivity index is 1.89. The number of nitrogens with one attached hydrogen (secondary N) is 1. The first-order valence-corrected chi connectivity index (χ1v) is 6.72. The summed E-state index contributed by atoms with van der Waals surface area (Å²) in [7, 11) is 1.99. The molecule has 0 aromatic heterocycles. The number of rotatable bonds is 6. The molecule has 0 bridgehead atoms. The van der Waals surface area contributed by atoms with Crippen molar-refractivity contribution in [2.24, 2.45) is 0 Å². The van der Waals surface area contributed by atoms with E-state index in [1.54, 1.807) is 0 Å². The molecule has 0 aliphatic heterocycles. The number of benzene rings is 2. The molecule has 100 valence electrons. The van der Waals surface area contributed by atoms with Gasteiger partial charge in [-0.2, -0.15) is 0 Å². The maximum atomic E-state index is 5.85. The van der Waals surface area contributed by atoms with Crippen LogP contribution in [0, 0.1) is 6.92 Å². The second-order valence-corrected chi connectivity index (χ2v) is 4.65. The Labute approximate surface area is 115 Å². The standard InChI is InChI=1S/C17H21NO/c1-14-8-6-7-11-17(14)19-13-12-16(18-2)15-9-4-3-5-10-15/h3-11,16,18H,12-13H2,1-2H3. The summed E-state index contributed by atoms with van der Waals surface area (Å²) in [4.78, 5) is 0. The Morgan fingerprint density at radius 1 is 1.00 bits per heavy atom. The lowest BCUT2D eigenvalue weighted by Gasteiger charge is -2.17. The van der Waals surface area contributed by atoms with Gasteiger partial charge in [-0.15, -0.1) is 0 Å². The molecule has 2 heteroatoms. The summed E-state index contributed by atoms with van der Waals surface area (Å²) >= 11 is 0. The second-order valence-electron chi connectivity index (χ2n) is 4.65. The number of hydrogen-bond acceptors (Lipinski definition) is 2. The zero-order valence-electron chi connectivity index (χ0n) is 11.6. The summed E-state index contributed by atoms with van der Waals surface area (Å²) in [5.41, 5.74) is 2.49. The van der Waals surface area contributed by atoms with E-state index >= 15 is 0 Å². The highest BCUT2D eigenvalue weighted by molar-refractivity contribution is 5.31. The monoisotopic (exact) mass is 255 g/mol. The quantitative estimate of drug-likeness (QED) is 0.849. The Bertz CT molecular complexity index is 496. The van der Waals surface area contributed by atoms with Crippen LogP contribution in [0.15, 0.2) is 54.6 Å². The van der Waals surface area contributed by atoms with Crippen molar-refractivity contribution in [1.29, 1.82) is 0 Å². The van der Waals surface area contributed by atoms with Gasteiger partial charge in [0.05, 0.1) is 6.61 Å². The molecule has 0 saturated heterocycles. The van der Waals surface area contributed by atoms with Crippen LogP contribution in [0.4, 0.5) is 0 Å². The molecule has 19 heavy (non-hydrogen) atoms. The van der Waals surface area contributed by atoms with Gasteiger partial charge in [-0.25, -0.2) is 0 Å².